The Labute approximate surface area is 93.0 Å². The van der Waals surface area contributed by atoms with Crippen molar-refractivity contribution in [1.29, 1.82) is 0 Å². The summed E-state index contributed by atoms with van der Waals surface area (Å²) in [5.74, 6) is 0. The van der Waals surface area contributed by atoms with Crippen molar-refractivity contribution in [2.45, 2.75) is 11.9 Å². The van der Waals surface area contributed by atoms with Crippen LogP contribution in [0.15, 0.2) is 18.2 Å². The Hall–Kier alpha value is -1.01. The molecule has 2 aliphatic heterocycles. The molecule has 0 bridgehead atoms. The fourth-order valence-electron chi connectivity index (χ4n) is 1.81. The first-order valence-electron chi connectivity index (χ1n) is 5.29. The molecule has 2 saturated heterocycles. The lowest BCUT2D eigenvalue weighted by Crippen LogP contribution is -2.47. The van der Waals surface area contributed by atoms with Gasteiger partial charge in [-0.1, -0.05) is 6.07 Å². The SMILES string of the molecule is OC1(c2cccc(C3OCCO3)n2)COC1. The molecular weight excluding hydrogens is 210 g/mol. The first-order valence-corrected chi connectivity index (χ1v) is 5.29. The molecule has 86 valence electrons. The highest BCUT2D eigenvalue weighted by Crippen LogP contribution is 2.29. The van der Waals surface area contributed by atoms with Gasteiger partial charge in [0.05, 0.1) is 37.8 Å². The third kappa shape index (κ3) is 1.62. The number of aromatic nitrogens is 1. The topological polar surface area (TPSA) is 60.8 Å². The van der Waals surface area contributed by atoms with Crippen molar-refractivity contribution in [2.24, 2.45) is 0 Å². The summed E-state index contributed by atoms with van der Waals surface area (Å²) >= 11 is 0. The highest BCUT2D eigenvalue weighted by Gasteiger charge is 2.39. The minimum atomic E-state index is -0.936. The van der Waals surface area contributed by atoms with Crippen LogP contribution in [0.2, 0.25) is 0 Å². The van der Waals surface area contributed by atoms with Gasteiger partial charge in [-0.25, -0.2) is 4.98 Å². The van der Waals surface area contributed by atoms with Crippen LogP contribution in [-0.4, -0.2) is 36.5 Å². The van der Waals surface area contributed by atoms with E-state index in [1.54, 1.807) is 6.07 Å². The number of ether oxygens (including phenoxy) is 3. The summed E-state index contributed by atoms with van der Waals surface area (Å²) in [6.07, 6.45) is -0.399. The van der Waals surface area contributed by atoms with Crippen LogP contribution in [0.25, 0.3) is 0 Å². The Morgan fingerprint density at radius 3 is 2.62 bits per heavy atom. The standard InChI is InChI=1S/C11H13NO4/c13-11(6-14-7-11)9-3-1-2-8(12-9)10-15-4-5-16-10/h1-3,10,13H,4-7H2. The van der Waals surface area contributed by atoms with Crippen molar-refractivity contribution < 1.29 is 19.3 Å². The summed E-state index contributed by atoms with van der Waals surface area (Å²) in [6.45, 7) is 1.78. The van der Waals surface area contributed by atoms with E-state index in [9.17, 15) is 5.11 Å². The zero-order valence-corrected chi connectivity index (χ0v) is 8.76. The highest BCUT2D eigenvalue weighted by molar-refractivity contribution is 5.20. The molecule has 2 aliphatic rings. The van der Waals surface area contributed by atoms with Gasteiger partial charge < -0.3 is 19.3 Å². The molecule has 16 heavy (non-hydrogen) atoms. The van der Waals surface area contributed by atoms with Gasteiger partial charge in [0.2, 0.25) is 6.29 Å². The van der Waals surface area contributed by atoms with Gasteiger partial charge in [-0.2, -0.15) is 0 Å². The molecule has 0 saturated carbocycles. The largest absolute Gasteiger partial charge is 0.379 e. The molecule has 3 heterocycles. The van der Waals surface area contributed by atoms with Gasteiger partial charge >= 0.3 is 0 Å². The fourth-order valence-corrected chi connectivity index (χ4v) is 1.81. The van der Waals surface area contributed by atoms with Crippen LogP contribution < -0.4 is 0 Å². The Balaban J connectivity index is 1.87. The first kappa shape index (κ1) is 10.2. The monoisotopic (exact) mass is 223 g/mol. The number of rotatable bonds is 2. The van der Waals surface area contributed by atoms with Gasteiger partial charge in [0.15, 0.2) is 5.60 Å². The molecule has 0 atom stereocenters. The first-order chi connectivity index (χ1) is 7.78. The Kier molecular flexibility index (Phi) is 2.40. The number of pyridine rings is 1. The van der Waals surface area contributed by atoms with Gasteiger partial charge in [0.25, 0.3) is 0 Å². The maximum absolute atomic E-state index is 10.1. The third-order valence-electron chi connectivity index (χ3n) is 2.79. The third-order valence-corrected chi connectivity index (χ3v) is 2.79. The summed E-state index contributed by atoms with van der Waals surface area (Å²) in [6, 6.07) is 5.47. The van der Waals surface area contributed by atoms with Crippen molar-refractivity contribution in [1.82, 2.24) is 4.98 Å². The quantitative estimate of drug-likeness (QED) is 0.783. The summed E-state index contributed by atoms with van der Waals surface area (Å²) in [7, 11) is 0. The lowest BCUT2D eigenvalue weighted by molar-refractivity contribution is -0.187. The molecule has 5 nitrogen and oxygen atoms in total. The van der Waals surface area contributed by atoms with Gasteiger partial charge in [-0.15, -0.1) is 0 Å². The van der Waals surface area contributed by atoms with Crippen LogP contribution in [0.3, 0.4) is 0 Å². The van der Waals surface area contributed by atoms with E-state index in [0.29, 0.717) is 37.8 Å². The minimum Gasteiger partial charge on any atom is -0.379 e. The van der Waals surface area contributed by atoms with E-state index in [1.807, 2.05) is 12.1 Å². The number of nitrogens with zero attached hydrogens (tertiary/aromatic N) is 1. The van der Waals surface area contributed by atoms with Crippen LogP contribution >= 0.6 is 0 Å². The molecule has 1 aromatic heterocycles. The fraction of sp³-hybridized carbons (Fsp3) is 0.545. The Morgan fingerprint density at radius 1 is 1.25 bits per heavy atom. The van der Waals surface area contributed by atoms with Crippen molar-refractivity contribution in [2.75, 3.05) is 26.4 Å². The van der Waals surface area contributed by atoms with Crippen LogP contribution in [0.5, 0.6) is 0 Å². The van der Waals surface area contributed by atoms with Gasteiger partial charge in [-0.05, 0) is 12.1 Å². The van der Waals surface area contributed by atoms with Gasteiger partial charge in [-0.3, -0.25) is 0 Å². The summed E-state index contributed by atoms with van der Waals surface area (Å²) < 4.78 is 15.7. The van der Waals surface area contributed by atoms with Crippen LogP contribution in [0.4, 0.5) is 0 Å². The molecule has 0 spiro atoms. The zero-order valence-electron chi connectivity index (χ0n) is 8.76. The molecule has 0 unspecified atom stereocenters. The van der Waals surface area contributed by atoms with E-state index >= 15 is 0 Å². The second-order valence-electron chi connectivity index (χ2n) is 4.05. The molecule has 1 aromatic rings. The molecule has 1 N–H and O–H groups in total. The molecule has 0 aliphatic carbocycles. The molecule has 0 radical (unpaired) electrons. The van der Waals surface area contributed by atoms with E-state index in [2.05, 4.69) is 4.98 Å². The minimum absolute atomic E-state index is 0.301. The van der Waals surface area contributed by atoms with Crippen LogP contribution in [0.1, 0.15) is 17.7 Å². The molecular formula is C11H13NO4. The molecule has 0 aromatic carbocycles. The normalized spacial score (nSPS) is 24.3. The zero-order chi connectivity index (χ0) is 11.0. The maximum Gasteiger partial charge on any atom is 0.201 e. The summed E-state index contributed by atoms with van der Waals surface area (Å²) in [5.41, 5.74) is 0.389. The lowest BCUT2D eigenvalue weighted by Gasteiger charge is -2.35. The maximum atomic E-state index is 10.1. The molecule has 3 rings (SSSR count). The van der Waals surface area contributed by atoms with Crippen molar-refractivity contribution in [3.8, 4) is 0 Å². The van der Waals surface area contributed by atoms with E-state index < -0.39 is 11.9 Å². The lowest BCUT2D eigenvalue weighted by atomic mass is 9.97. The number of hydrogen-bond donors (Lipinski definition) is 1. The van der Waals surface area contributed by atoms with E-state index in [1.165, 1.54) is 0 Å². The second kappa shape index (κ2) is 3.78. The number of hydrogen-bond acceptors (Lipinski definition) is 5. The highest BCUT2D eigenvalue weighted by atomic mass is 16.7. The van der Waals surface area contributed by atoms with Crippen LogP contribution in [-0.2, 0) is 19.8 Å². The molecule has 2 fully saturated rings. The van der Waals surface area contributed by atoms with Gasteiger partial charge in [0, 0.05) is 0 Å². The Morgan fingerprint density at radius 2 is 2.00 bits per heavy atom. The smallest absolute Gasteiger partial charge is 0.201 e. The molecule has 0 amide bonds. The van der Waals surface area contributed by atoms with E-state index in [4.69, 9.17) is 14.2 Å². The predicted molar refractivity (Wildman–Crippen MR) is 53.6 cm³/mol. The van der Waals surface area contributed by atoms with Gasteiger partial charge in [0.1, 0.15) is 0 Å². The predicted octanol–water partition coefficient (Wildman–Crippen LogP) is 0.345. The van der Waals surface area contributed by atoms with Crippen molar-refractivity contribution in [3.05, 3.63) is 29.6 Å². The van der Waals surface area contributed by atoms with E-state index in [-0.39, 0.29) is 0 Å². The number of aliphatic hydroxyl groups is 1. The average molecular weight is 223 g/mol. The summed E-state index contributed by atoms with van der Waals surface area (Å²) in [5, 5.41) is 10.1. The second-order valence-corrected chi connectivity index (χ2v) is 4.05. The summed E-state index contributed by atoms with van der Waals surface area (Å²) in [4.78, 5) is 4.37. The molecule has 5 heteroatoms. The van der Waals surface area contributed by atoms with Crippen molar-refractivity contribution in [3.63, 3.8) is 0 Å². The average Bonchev–Trinajstić information content (AvgIpc) is 2.79. The Bertz CT molecular complexity index is 385. The van der Waals surface area contributed by atoms with Crippen LogP contribution in [0, 0.1) is 0 Å². The van der Waals surface area contributed by atoms with Crippen molar-refractivity contribution >= 4 is 0 Å². The van der Waals surface area contributed by atoms with E-state index in [0.717, 1.165) is 0 Å².